The molecule has 19 heavy (non-hydrogen) atoms. The fourth-order valence-electron chi connectivity index (χ4n) is 1.83. The van der Waals surface area contributed by atoms with Gasteiger partial charge in [0.1, 0.15) is 12.4 Å². The van der Waals surface area contributed by atoms with Gasteiger partial charge in [-0.3, -0.25) is 0 Å². The Bertz CT molecular complexity index is 620. The Morgan fingerprint density at radius 1 is 1.16 bits per heavy atom. The third kappa shape index (κ3) is 3.49. The van der Waals surface area contributed by atoms with Crippen molar-refractivity contribution in [1.29, 1.82) is 0 Å². The van der Waals surface area contributed by atoms with Crippen LogP contribution in [0.2, 0.25) is 0 Å². The predicted molar refractivity (Wildman–Crippen MR) is 78.3 cm³/mol. The number of aliphatic hydroxyl groups excluding tert-OH is 1. The van der Waals surface area contributed by atoms with E-state index in [9.17, 15) is 0 Å². The van der Waals surface area contributed by atoms with Gasteiger partial charge in [-0.1, -0.05) is 30.9 Å². The van der Waals surface area contributed by atoms with Crippen LogP contribution in [-0.2, 0) is 0 Å². The second-order valence-electron chi connectivity index (χ2n) is 4.52. The summed E-state index contributed by atoms with van der Waals surface area (Å²) in [4.78, 5) is 0. The number of aliphatic hydroxyl groups is 1. The van der Waals surface area contributed by atoms with Crippen molar-refractivity contribution in [2.24, 2.45) is 0 Å². The average molecular weight is 254 g/mol. The number of rotatable bonds is 3. The fourth-order valence-corrected chi connectivity index (χ4v) is 1.83. The van der Waals surface area contributed by atoms with E-state index >= 15 is 0 Å². The summed E-state index contributed by atoms with van der Waals surface area (Å²) in [6.07, 6.45) is 1.22. The molecule has 0 radical (unpaired) electrons. The van der Waals surface area contributed by atoms with Crippen LogP contribution >= 0.6 is 0 Å². The molecule has 1 atom stereocenters. The highest BCUT2D eigenvalue weighted by molar-refractivity contribution is 5.85. The first-order valence-electron chi connectivity index (χ1n) is 6.53. The Balaban J connectivity index is 2.29. The molecule has 0 aliphatic carbocycles. The van der Waals surface area contributed by atoms with E-state index in [1.165, 1.54) is 0 Å². The molecule has 0 fully saturated rings. The first kappa shape index (κ1) is 13.5. The van der Waals surface area contributed by atoms with Crippen LogP contribution in [0.15, 0.2) is 36.4 Å². The van der Waals surface area contributed by atoms with Gasteiger partial charge in [0, 0.05) is 5.56 Å². The summed E-state index contributed by atoms with van der Waals surface area (Å²) >= 11 is 0. The quantitative estimate of drug-likeness (QED) is 0.851. The zero-order valence-electron chi connectivity index (χ0n) is 11.3. The molecule has 98 valence electrons. The SMILES string of the molecule is CCC(C)Oc1ccc2cc(C#CCO)ccc2c1. The Kier molecular flexibility index (Phi) is 4.43. The van der Waals surface area contributed by atoms with E-state index in [0.29, 0.717) is 0 Å². The van der Waals surface area contributed by atoms with Gasteiger partial charge < -0.3 is 9.84 Å². The minimum absolute atomic E-state index is 0.111. The molecule has 0 spiro atoms. The number of ether oxygens (including phenoxy) is 1. The summed E-state index contributed by atoms with van der Waals surface area (Å²) < 4.78 is 5.81. The van der Waals surface area contributed by atoms with Crippen LogP contribution in [0.4, 0.5) is 0 Å². The Morgan fingerprint density at radius 2 is 1.89 bits per heavy atom. The van der Waals surface area contributed by atoms with Crippen molar-refractivity contribution < 1.29 is 9.84 Å². The summed E-state index contributed by atoms with van der Waals surface area (Å²) in [5.74, 6) is 6.47. The monoisotopic (exact) mass is 254 g/mol. The largest absolute Gasteiger partial charge is 0.491 e. The second kappa shape index (κ2) is 6.26. The van der Waals surface area contributed by atoms with Crippen molar-refractivity contribution in [2.45, 2.75) is 26.4 Å². The molecule has 2 aromatic carbocycles. The van der Waals surface area contributed by atoms with Crippen molar-refractivity contribution in [3.05, 3.63) is 42.0 Å². The van der Waals surface area contributed by atoms with Gasteiger partial charge in [0.25, 0.3) is 0 Å². The molecule has 0 heterocycles. The van der Waals surface area contributed by atoms with Gasteiger partial charge in [0.2, 0.25) is 0 Å². The molecule has 1 N–H and O–H groups in total. The van der Waals surface area contributed by atoms with Crippen LogP contribution < -0.4 is 4.74 Å². The van der Waals surface area contributed by atoms with E-state index in [2.05, 4.69) is 25.7 Å². The molecule has 0 bridgehead atoms. The smallest absolute Gasteiger partial charge is 0.120 e. The van der Waals surface area contributed by atoms with Crippen LogP contribution in [0.3, 0.4) is 0 Å². The second-order valence-corrected chi connectivity index (χ2v) is 4.52. The number of hydrogen-bond donors (Lipinski definition) is 1. The van der Waals surface area contributed by atoms with E-state index in [1.54, 1.807) is 0 Å². The lowest BCUT2D eigenvalue weighted by molar-refractivity contribution is 0.218. The van der Waals surface area contributed by atoms with Crippen LogP contribution in [0.25, 0.3) is 10.8 Å². The third-order valence-electron chi connectivity index (χ3n) is 3.04. The Labute approximate surface area is 114 Å². The Morgan fingerprint density at radius 3 is 2.63 bits per heavy atom. The molecule has 2 aromatic rings. The van der Waals surface area contributed by atoms with E-state index in [1.807, 2.05) is 36.4 Å². The maximum absolute atomic E-state index is 8.69. The number of hydrogen-bond acceptors (Lipinski definition) is 2. The maximum atomic E-state index is 8.69. The van der Waals surface area contributed by atoms with Gasteiger partial charge in [0.15, 0.2) is 0 Å². The van der Waals surface area contributed by atoms with E-state index in [-0.39, 0.29) is 12.7 Å². The summed E-state index contributed by atoms with van der Waals surface area (Å²) in [5, 5.41) is 11.0. The lowest BCUT2D eigenvalue weighted by atomic mass is 10.1. The van der Waals surface area contributed by atoms with Gasteiger partial charge in [-0.05, 0) is 48.4 Å². The van der Waals surface area contributed by atoms with E-state index in [4.69, 9.17) is 9.84 Å². The minimum atomic E-state index is -0.111. The standard InChI is InChI=1S/C17H18O2/c1-3-13(2)19-17-9-8-15-11-14(5-4-10-18)6-7-16(15)12-17/h6-9,11-13,18H,3,10H2,1-2H3. The van der Waals surface area contributed by atoms with Gasteiger partial charge in [0.05, 0.1) is 6.10 Å². The van der Waals surface area contributed by atoms with Gasteiger partial charge in [-0.2, -0.15) is 0 Å². The molecular formula is C17H18O2. The van der Waals surface area contributed by atoms with Crippen molar-refractivity contribution in [1.82, 2.24) is 0 Å². The van der Waals surface area contributed by atoms with Crippen LogP contribution in [0, 0.1) is 11.8 Å². The van der Waals surface area contributed by atoms with Crippen molar-refractivity contribution in [2.75, 3.05) is 6.61 Å². The topological polar surface area (TPSA) is 29.5 Å². The number of benzene rings is 2. The first-order valence-corrected chi connectivity index (χ1v) is 6.53. The van der Waals surface area contributed by atoms with Crippen molar-refractivity contribution >= 4 is 10.8 Å². The summed E-state index contributed by atoms with van der Waals surface area (Å²) in [5.41, 5.74) is 0.914. The zero-order valence-corrected chi connectivity index (χ0v) is 11.3. The van der Waals surface area contributed by atoms with Crippen LogP contribution in [-0.4, -0.2) is 17.8 Å². The minimum Gasteiger partial charge on any atom is -0.491 e. The lowest BCUT2D eigenvalue weighted by Gasteiger charge is -2.13. The molecule has 2 heteroatoms. The normalized spacial score (nSPS) is 11.7. The molecule has 2 rings (SSSR count). The number of fused-ring (bicyclic) bond motifs is 1. The fraction of sp³-hybridized carbons (Fsp3) is 0.294. The van der Waals surface area contributed by atoms with Gasteiger partial charge in [-0.15, -0.1) is 0 Å². The van der Waals surface area contributed by atoms with Gasteiger partial charge >= 0.3 is 0 Å². The lowest BCUT2D eigenvalue weighted by Crippen LogP contribution is -2.09. The van der Waals surface area contributed by atoms with Crippen molar-refractivity contribution in [3.8, 4) is 17.6 Å². The molecule has 0 saturated heterocycles. The Hall–Kier alpha value is -1.98. The highest BCUT2D eigenvalue weighted by atomic mass is 16.5. The summed E-state index contributed by atoms with van der Waals surface area (Å²) in [7, 11) is 0. The van der Waals surface area contributed by atoms with E-state index < -0.39 is 0 Å². The predicted octanol–water partition coefficient (Wildman–Crippen LogP) is 3.36. The maximum Gasteiger partial charge on any atom is 0.120 e. The molecule has 0 amide bonds. The molecule has 0 aliphatic rings. The van der Waals surface area contributed by atoms with Crippen molar-refractivity contribution in [3.63, 3.8) is 0 Å². The summed E-state index contributed by atoms with van der Waals surface area (Å²) in [6.45, 7) is 4.06. The molecule has 0 saturated carbocycles. The zero-order chi connectivity index (χ0) is 13.7. The van der Waals surface area contributed by atoms with Crippen LogP contribution in [0.5, 0.6) is 5.75 Å². The molecule has 0 aliphatic heterocycles. The van der Waals surface area contributed by atoms with Gasteiger partial charge in [-0.25, -0.2) is 0 Å². The highest BCUT2D eigenvalue weighted by Gasteiger charge is 2.02. The van der Waals surface area contributed by atoms with Crippen LogP contribution in [0.1, 0.15) is 25.8 Å². The van der Waals surface area contributed by atoms with E-state index in [0.717, 1.165) is 28.5 Å². The summed E-state index contributed by atoms with van der Waals surface area (Å²) in [6, 6.07) is 12.1. The first-order chi connectivity index (χ1) is 9.22. The molecule has 2 nitrogen and oxygen atoms in total. The third-order valence-corrected chi connectivity index (χ3v) is 3.04. The molecule has 0 aromatic heterocycles. The molecular weight excluding hydrogens is 236 g/mol. The highest BCUT2D eigenvalue weighted by Crippen LogP contribution is 2.23. The molecule has 1 unspecified atom stereocenters. The average Bonchev–Trinajstić information content (AvgIpc) is 2.44.